The van der Waals surface area contributed by atoms with Crippen molar-refractivity contribution in [3.05, 3.63) is 58.8 Å². The number of benzene rings is 2. The first-order chi connectivity index (χ1) is 11.1. The van der Waals surface area contributed by atoms with Crippen LogP contribution in [0.2, 0.25) is 0 Å². The van der Waals surface area contributed by atoms with Gasteiger partial charge in [0, 0.05) is 15.7 Å². The van der Waals surface area contributed by atoms with Gasteiger partial charge >= 0.3 is 5.97 Å². The number of ketones is 1. The van der Waals surface area contributed by atoms with E-state index in [4.69, 9.17) is 0 Å². The minimum absolute atomic E-state index is 0.271. The van der Waals surface area contributed by atoms with Crippen molar-refractivity contribution in [2.45, 2.75) is 6.42 Å². The summed E-state index contributed by atoms with van der Waals surface area (Å²) in [6.45, 7) is 0. The van der Waals surface area contributed by atoms with Crippen molar-refractivity contribution in [2.75, 3.05) is 7.11 Å². The second-order valence-corrected chi connectivity index (χ2v) is 5.89. The van der Waals surface area contributed by atoms with Gasteiger partial charge in [-0.3, -0.25) is 14.2 Å². The zero-order chi connectivity index (χ0) is 16.4. The molecule has 0 spiro atoms. The number of hydrogen-bond acceptors (Lipinski definition) is 4. The van der Waals surface area contributed by atoms with E-state index in [1.54, 1.807) is 24.5 Å². The number of carbonyl (C=O) groups excluding carboxylic acids is 2. The second kappa shape index (κ2) is 6.34. The van der Waals surface area contributed by atoms with Crippen LogP contribution < -0.4 is 0 Å². The molecule has 23 heavy (non-hydrogen) atoms. The molecule has 0 unspecified atom stereocenters. The molecule has 5 nitrogen and oxygen atoms in total. The molecule has 0 bridgehead atoms. The Morgan fingerprint density at radius 1 is 1.22 bits per heavy atom. The summed E-state index contributed by atoms with van der Waals surface area (Å²) in [5, 5.41) is 0. The van der Waals surface area contributed by atoms with Crippen LogP contribution in [0.5, 0.6) is 0 Å². The van der Waals surface area contributed by atoms with Crippen LogP contribution in [-0.4, -0.2) is 28.4 Å². The molecule has 116 valence electrons. The number of fused-ring (bicyclic) bond motifs is 1. The number of hydrogen-bond donors (Lipinski definition) is 0. The first-order valence-corrected chi connectivity index (χ1v) is 7.71. The van der Waals surface area contributed by atoms with Gasteiger partial charge < -0.3 is 4.74 Å². The average Bonchev–Trinajstić information content (AvgIpc) is 2.97. The summed E-state index contributed by atoms with van der Waals surface area (Å²) in [7, 11) is 1.27. The van der Waals surface area contributed by atoms with Crippen LogP contribution in [0.15, 0.2) is 53.3 Å². The fourth-order valence-electron chi connectivity index (χ4n) is 2.32. The fourth-order valence-corrected chi connectivity index (χ4v) is 2.71. The molecule has 0 radical (unpaired) electrons. The van der Waals surface area contributed by atoms with E-state index >= 15 is 0 Å². The highest BCUT2D eigenvalue weighted by Crippen LogP contribution is 2.22. The molecule has 6 heteroatoms. The number of methoxy groups -OCH3 is 1. The van der Waals surface area contributed by atoms with Crippen molar-refractivity contribution in [3.8, 4) is 5.69 Å². The lowest BCUT2D eigenvalue weighted by Crippen LogP contribution is -2.09. The van der Waals surface area contributed by atoms with Crippen molar-refractivity contribution >= 4 is 38.7 Å². The molecule has 0 aliphatic rings. The van der Waals surface area contributed by atoms with E-state index in [0.717, 1.165) is 21.2 Å². The lowest BCUT2D eigenvalue weighted by Gasteiger charge is -2.06. The number of aromatic nitrogens is 2. The standard InChI is InChI=1S/C17H13BrN2O3/c1-23-17(22)9-16(21)11-5-6-14-15(7-11)20(10-19-14)13-4-2-3-12(18)8-13/h2-8,10H,9H2,1H3. The molecule has 2 aromatic carbocycles. The van der Waals surface area contributed by atoms with Gasteiger partial charge in [-0.05, 0) is 36.4 Å². The van der Waals surface area contributed by atoms with Crippen LogP contribution in [0, 0.1) is 0 Å². The smallest absolute Gasteiger partial charge is 0.313 e. The van der Waals surface area contributed by atoms with E-state index < -0.39 is 5.97 Å². The monoisotopic (exact) mass is 372 g/mol. The molecule has 0 saturated heterocycles. The van der Waals surface area contributed by atoms with Crippen LogP contribution in [-0.2, 0) is 9.53 Å². The van der Waals surface area contributed by atoms with Gasteiger partial charge in [0.15, 0.2) is 5.78 Å². The lowest BCUT2D eigenvalue weighted by atomic mass is 10.1. The SMILES string of the molecule is COC(=O)CC(=O)c1ccc2ncn(-c3cccc(Br)c3)c2c1. The number of imidazole rings is 1. The highest BCUT2D eigenvalue weighted by molar-refractivity contribution is 9.10. The van der Waals surface area contributed by atoms with Gasteiger partial charge in [-0.1, -0.05) is 22.0 Å². The predicted molar refractivity (Wildman–Crippen MR) is 89.7 cm³/mol. The third kappa shape index (κ3) is 3.17. The fraction of sp³-hybridized carbons (Fsp3) is 0.118. The maximum atomic E-state index is 12.1. The summed E-state index contributed by atoms with van der Waals surface area (Å²) < 4.78 is 7.39. The molecule has 0 fully saturated rings. The molecule has 0 aliphatic carbocycles. The normalized spacial score (nSPS) is 10.7. The Morgan fingerprint density at radius 2 is 2.04 bits per heavy atom. The van der Waals surface area contributed by atoms with E-state index in [1.165, 1.54) is 7.11 Å². The molecule has 0 amide bonds. The van der Waals surface area contributed by atoms with Gasteiger partial charge in [0.25, 0.3) is 0 Å². The van der Waals surface area contributed by atoms with Gasteiger partial charge in [-0.25, -0.2) is 4.98 Å². The maximum absolute atomic E-state index is 12.1. The second-order valence-electron chi connectivity index (χ2n) is 4.97. The summed E-state index contributed by atoms with van der Waals surface area (Å²) in [6.07, 6.45) is 1.44. The molecular weight excluding hydrogens is 360 g/mol. The molecule has 0 N–H and O–H groups in total. The Morgan fingerprint density at radius 3 is 2.78 bits per heavy atom. The lowest BCUT2D eigenvalue weighted by molar-refractivity contribution is -0.139. The van der Waals surface area contributed by atoms with E-state index in [1.807, 2.05) is 28.8 Å². The van der Waals surface area contributed by atoms with Gasteiger partial charge in [-0.15, -0.1) is 0 Å². The first-order valence-electron chi connectivity index (χ1n) is 6.91. The van der Waals surface area contributed by atoms with Crippen LogP contribution in [0.25, 0.3) is 16.7 Å². The van der Waals surface area contributed by atoms with Crippen LogP contribution in [0.1, 0.15) is 16.8 Å². The Hall–Kier alpha value is -2.47. The predicted octanol–water partition coefficient (Wildman–Crippen LogP) is 3.53. The summed E-state index contributed by atoms with van der Waals surface area (Å²) in [4.78, 5) is 27.8. The van der Waals surface area contributed by atoms with Crippen molar-refractivity contribution in [2.24, 2.45) is 0 Å². The molecule has 3 aromatic rings. The summed E-state index contributed by atoms with van der Waals surface area (Å²) in [5.74, 6) is -0.823. The quantitative estimate of drug-likeness (QED) is 0.399. The molecular formula is C17H13BrN2O3. The largest absolute Gasteiger partial charge is 0.469 e. The highest BCUT2D eigenvalue weighted by Gasteiger charge is 2.14. The number of Topliss-reactive ketones (excluding diaryl/α,β-unsaturated/α-hetero) is 1. The molecule has 0 aliphatic heterocycles. The Balaban J connectivity index is 2.03. The number of ether oxygens (including phenoxy) is 1. The third-order valence-corrected chi connectivity index (χ3v) is 3.98. The van der Waals surface area contributed by atoms with E-state index in [-0.39, 0.29) is 12.2 Å². The van der Waals surface area contributed by atoms with Crippen molar-refractivity contribution in [1.29, 1.82) is 0 Å². The highest BCUT2D eigenvalue weighted by atomic mass is 79.9. The number of esters is 1. The zero-order valence-corrected chi connectivity index (χ0v) is 13.9. The third-order valence-electron chi connectivity index (χ3n) is 3.49. The van der Waals surface area contributed by atoms with Crippen LogP contribution in [0.3, 0.4) is 0 Å². The molecule has 0 saturated carbocycles. The average molecular weight is 373 g/mol. The number of halogens is 1. The zero-order valence-electron chi connectivity index (χ0n) is 12.3. The molecule has 3 rings (SSSR count). The summed E-state index contributed by atoms with van der Waals surface area (Å²) in [6, 6.07) is 13.0. The summed E-state index contributed by atoms with van der Waals surface area (Å²) in [5.41, 5.74) is 2.97. The van der Waals surface area contributed by atoms with Crippen molar-refractivity contribution in [3.63, 3.8) is 0 Å². The first kappa shape index (κ1) is 15.4. The van der Waals surface area contributed by atoms with Gasteiger partial charge in [0.05, 0.1) is 18.1 Å². The molecule has 1 aromatic heterocycles. The molecule has 1 heterocycles. The summed E-state index contributed by atoms with van der Waals surface area (Å²) >= 11 is 3.45. The Kier molecular flexibility index (Phi) is 4.25. The van der Waals surface area contributed by atoms with Crippen molar-refractivity contribution < 1.29 is 14.3 Å². The minimum Gasteiger partial charge on any atom is -0.469 e. The Bertz CT molecular complexity index is 902. The van der Waals surface area contributed by atoms with E-state index in [0.29, 0.717) is 5.56 Å². The van der Waals surface area contributed by atoms with Crippen LogP contribution >= 0.6 is 15.9 Å². The topological polar surface area (TPSA) is 61.2 Å². The number of nitrogens with zero attached hydrogens (tertiary/aromatic N) is 2. The van der Waals surface area contributed by atoms with Crippen LogP contribution in [0.4, 0.5) is 0 Å². The Labute approximate surface area is 141 Å². The number of carbonyl (C=O) groups is 2. The van der Waals surface area contributed by atoms with Gasteiger partial charge in [0.2, 0.25) is 0 Å². The maximum Gasteiger partial charge on any atom is 0.313 e. The molecule has 0 atom stereocenters. The van der Waals surface area contributed by atoms with Crippen molar-refractivity contribution in [1.82, 2.24) is 9.55 Å². The van der Waals surface area contributed by atoms with Gasteiger partial charge in [0.1, 0.15) is 12.7 Å². The minimum atomic E-state index is -0.546. The van der Waals surface area contributed by atoms with E-state index in [9.17, 15) is 9.59 Å². The van der Waals surface area contributed by atoms with Gasteiger partial charge in [-0.2, -0.15) is 0 Å². The number of rotatable bonds is 4. The van der Waals surface area contributed by atoms with E-state index in [2.05, 4.69) is 25.7 Å².